The lowest BCUT2D eigenvalue weighted by Gasteiger charge is -2.12. The maximum absolute atomic E-state index is 5.81. The van der Waals surface area contributed by atoms with Crippen molar-refractivity contribution in [3.05, 3.63) is 90.0 Å². The van der Waals surface area contributed by atoms with E-state index in [1.807, 2.05) is 67.6 Å². The Balaban J connectivity index is 1.54. The van der Waals surface area contributed by atoms with Crippen LogP contribution in [0, 0.1) is 0 Å². The fourth-order valence-electron chi connectivity index (χ4n) is 2.55. The summed E-state index contributed by atoms with van der Waals surface area (Å²) in [5.74, 6) is 1.80. The van der Waals surface area contributed by atoms with Crippen molar-refractivity contribution in [2.45, 2.75) is 20.1 Å². The van der Waals surface area contributed by atoms with Gasteiger partial charge in [0.2, 0.25) is 0 Å². The first-order valence-electron chi connectivity index (χ1n) is 8.56. The minimum absolute atomic E-state index is 0.579. The van der Waals surface area contributed by atoms with Crippen LogP contribution < -0.4 is 14.8 Å². The Bertz CT molecular complexity index is 770. The molecule has 0 aromatic heterocycles. The number of hydrogen-bond acceptors (Lipinski definition) is 3. The molecule has 0 amide bonds. The number of ether oxygens (including phenoxy) is 2. The lowest BCUT2D eigenvalue weighted by atomic mass is 10.2. The molecular weight excluding hydrogens is 310 g/mol. The highest BCUT2D eigenvalue weighted by Crippen LogP contribution is 2.21. The molecule has 25 heavy (non-hydrogen) atoms. The second kappa shape index (κ2) is 8.78. The highest BCUT2D eigenvalue weighted by atomic mass is 16.5. The Morgan fingerprint density at radius 1 is 0.760 bits per heavy atom. The van der Waals surface area contributed by atoms with Crippen LogP contribution in [-0.2, 0) is 13.2 Å². The molecule has 128 valence electrons. The van der Waals surface area contributed by atoms with Gasteiger partial charge in [-0.2, -0.15) is 0 Å². The first-order valence-corrected chi connectivity index (χ1v) is 8.56. The Morgan fingerprint density at radius 2 is 1.48 bits per heavy atom. The van der Waals surface area contributed by atoms with Crippen molar-refractivity contribution in [1.82, 2.24) is 0 Å². The maximum Gasteiger partial charge on any atom is 0.124 e. The van der Waals surface area contributed by atoms with Gasteiger partial charge in [-0.05, 0) is 42.8 Å². The molecule has 3 heteroatoms. The second-order valence-electron chi connectivity index (χ2n) is 5.69. The number of para-hydroxylation sites is 1. The van der Waals surface area contributed by atoms with E-state index in [2.05, 4.69) is 23.5 Å². The van der Waals surface area contributed by atoms with Gasteiger partial charge in [0.15, 0.2) is 0 Å². The van der Waals surface area contributed by atoms with Crippen molar-refractivity contribution in [2.75, 3.05) is 11.9 Å². The lowest BCUT2D eigenvalue weighted by molar-refractivity contribution is 0.306. The molecule has 0 radical (unpaired) electrons. The van der Waals surface area contributed by atoms with Gasteiger partial charge in [-0.15, -0.1) is 0 Å². The van der Waals surface area contributed by atoms with Crippen LogP contribution in [0.15, 0.2) is 78.9 Å². The molecule has 0 saturated carbocycles. The molecular formula is C22H23NO2. The first-order chi connectivity index (χ1) is 12.3. The fourth-order valence-corrected chi connectivity index (χ4v) is 2.55. The Morgan fingerprint density at radius 3 is 2.24 bits per heavy atom. The predicted octanol–water partition coefficient (Wildman–Crippen LogP) is 5.28. The predicted molar refractivity (Wildman–Crippen MR) is 102 cm³/mol. The summed E-state index contributed by atoms with van der Waals surface area (Å²) in [6.07, 6.45) is 0. The van der Waals surface area contributed by atoms with Gasteiger partial charge < -0.3 is 14.8 Å². The smallest absolute Gasteiger partial charge is 0.124 e. The van der Waals surface area contributed by atoms with E-state index in [9.17, 15) is 0 Å². The molecule has 3 aromatic rings. The van der Waals surface area contributed by atoms with E-state index in [1.54, 1.807) is 0 Å². The standard InChI is InChI=1S/C22H23NO2/c1-2-24-22-11-7-6-10-19(22)16-23-20-12-14-21(15-13-20)25-17-18-8-4-3-5-9-18/h3-15,23H,2,16-17H2,1H3. The number of rotatable bonds is 8. The number of nitrogens with one attached hydrogen (secondary N) is 1. The van der Waals surface area contributed by atoms with Gasteiger partial charge in [-0.1, -0.05) is 48.5 Å². The molecule has 0 aliphatic carbocycles. The van der Waals surface area contributed by atoms with Gasteiger partial charge in [-0.3, -0.25) is 0 Å². The summed E-state index contributed by atoms with van der Waals surface area (Å²) in [4.78, 5) is 0. The van der Waals surface area contributed by atoms with Gasteiger partial charge in [0, 0.05) is 17.8 Å². The van der Waals surface area contributed by atoms with Gasteiger partial charge in [0.25, 0.3) is 0 Å². The first kappa shape index (κ1) is 16.9. The zero-order chi connectivity index (χ0) is 17.3. The molecule has 0 unspecified atom stereocenters. The van der Waals surface area contributed by atoms with Crippen LogP contribution in [0.2, 0.25) is 0 Å². The Hall–Kier alpha value is -2.94. The van der Waals surface area contributed by atoms with E-state index in [-0.39, 0.29) is 0 Å². The van der Waals surface area contributed by atoms with Crippen molar-refractivity contribution in [1.29, 1.82) is 0 Å². The minimum Gasteiger partial charge on any atom is -0.494 e. The highest BCUT2D eigenvalue weighted by Gasteiger charge is 2.02. The molecule has 1 N–H and O–H groups in total. The van der Waals surface area contributed by atoms with E-state index < -0.39 is 0 Å². The van der Waals surface area contributed by atoms with Crippen LogP contribution in [0.4, 0.5) is 5.69 Å². The molecule has 0 spiro atoms. The van der Waals surface area contributed by atoms with E-state index >= 15 is 0 Å². The van der Waals surface area contributed by atoms with Crippen molar-refractivity contribution in [3.63, 3.8) is 0 Å². The van der Waals surface area contributed by atoms with Crippen LogP contribution in [0.5, 0.6) is 11.5 Å². The van der Waals surface area contributed by atoms with Crippen molar-refractivity contribution < 1.29 is 9.47 Å². The summed E-state index contributed by atoms with van der Waals surface area (Å²) in [6, 6.07) is 26.3. The summed E-state index contributed by atoms with van der Waals surface area (Å²) in [5.41, 5.74) is 3.37. The summed E-state index contributed by atoms with van der Waals surface area (Å²) >= 11 is 0. The van der Waals surface area contributed by atoms with Crippen LogP contribution in [0.25, 0.3) is 0 Å². The largest absolute Gasteiger partial charge is 0.494 e. The van der Waals surface area contributed by atoms with E-state index in [1.165, 1.54) is 0 Å². The third-order valence-electron chi connectivity index (χ3n) is 3.86. The zero-order valence-corrected chi connectivity index (χ0v) is 14.4. The monoisotopic (exact) mass is 333 g/mol. The van der Waals surface area contributed by atoms with Crippen LogP contribution >= 0.6 is 0 Å². The fraction of sp³-hybridized carbons (Fsp3) is 0.182. The molecule has 0 fully saturated rings. The summed E-state index contributed by atoms with van der Waals surface area (Å²) in [5, 5.41) is 3.43. The summed E-state index contributed by atoms with van der Waals surface area (Å²) in [7, 11) is 0. The summed E-state index contributed by atoms with van der Waals surface area (Å²) < 4.78 is 11.5. The molecule has 0 aliphatic rings. The molecule has 0 bridgehead atoms. The topological polar surface area (TPSA) is 30.5 Å². The van der Waals surface area contributed by atoms with Crippen LogP contribution in [-0.4, -0.2) is 6.61 Å². The molecule has 3 aromatic carbocycles. The quantitative estimate of drug-likeness (QED) is 0.608. The molecule has 0 saturated heterocycles. The second-order valence-corrected chi connectivity index (χ2v) is 5.69. The van der Waals surface area contributed by atoms with Crippen molar-refractivity contribution in [3.8, 4) is 11.5 Å². The Kier molecular flexibility index (Phi) is 5.94. The van der Waals surface area contributed by atoms with Gasteiger partial charge in [0.1, 0.15) is 18.1 Å². The molecule has 0 heterocycles. The third kappa shape index (κ3) is 5.01. The highest BCUT2D eigenvalue weighted by molar-refractivity contribution is 5.48. The van der Waals surface area contributed by atoms with Crippen LogP contribution in [0.1, 0.15) is 18.1 Å². The number of anilines is 1. The SMILES string of the molecule is CCOc1ccccc1CNc1ccc(OCc2ccccc2)cc1. The third-order valence-corrected chi connectivity index (χ3v) is 3.86. The molecule has 0 atom stereocenters. The Labute approximate surface area is 149 Å². The van der Waals surface area contributed by atoms with E-state index in [0.29, 0.717) is 13.2 Å². The maximum atomic E-state index is 5.81. The zero-order valence-electron chi connectivity index (χ0n) is 14.4. The number of benzene rings is 3. The van der Waals surface area contributed by atoms with Crippen molar-refractivity contribution >= 4 is 5.69 Å². The normalized spacial score (nSPS) is 10.3. The van der Waals surface area contributed by atoms with Crippen LogP contribution in [0.3, 0.4) is 0 Å². The van der Waals surface area contributed by atoms with Gasteiger partial charge >= 0.3 is 0 Å². The van der Waals surface area contributed by atoms with Crippen molar-refractivity contribution in [2.24, 2.45) is 0 Å². The molecule has 3 rings (SSSR count). The van der Waals surface area contributed by atoms with Gasteiger partial charge in [-0.25, -0.2) is 0 Å². The van der Waals surface area contributed by atoms with E-state index in [0.717, 1.165) is 34.9 Å². The average molecular weight is 333 g/mol. The minimum atomic E-state index is 0.579. The molecule has 0 aliphatic heterocycles. The number of hydrogen-bond donors (Lipinski definition) is 1. The lowest BCUT2D eigenvalue weighted by Crippen LogP contribution is -2.03. The average Bonchev–Trinajstić information content (AvgIpc) is 2.68. The van der Waals surface area contributed by atoms with Gasteiger partial charge in [0.05, 0.1) is 6.61 Å². The molecule has 3 nitrogen and oxygen atoms in total. The summed E-state index contributed by atoms with van der Waals surface area (Å²) in [6.45, 7) is 3.97. The van der Waals surface area contributed by atoms with E-state index in [4.69, 9.17) is 9.47 Å².